The largest absolute Gasteiger partial charge is 0.364 e. The molecule has 0 aliphatic carbocycles. The summed E-state index contributed by atoms with van der Waals surface area (Å²) in [5.74, 6) is -3.53. The molecule has 1 aliphatic heterocycles. The Morgan fingerprint density at radius 1 is 1.48 bits per heavy atom. The molecule has 1 aromatic rings. The van der Waals surface area contributed by atoms with E-state index in [1.165, 1.54) is 0 Å². The van der Waals surface area contributed by atoms with Crippen LogP contribution in [0.1, 0.15) is 12.8 Å². The number of nitrogens with one attached hydrogen (secondary N) is 1. The molecular formula is C12H13F2N3O4. The molecule has 1 fully saturated rings. The monoisotopic (exact) mass is 301 g/mol. The number of ether oxygens (including phenoxy) is 1. The molecule has 0 spiro atoms. The van der Waals surface area contributed by atoms with E-state index in [-0.39, 0.29) is 12.6 Å². The van der Waals surface area contributed by atoms with E-state index < -0.39 is 39.9 Å². The number of anilines is 1. The molecule has 21 heavy (non-hydrogen) atoms. The van der Waals surface area contributed by atoms with Gasteiger partial charge in [0.15, 0.2) is 17.3 Å². The third-order valence-corrected chi connectivity index (χ3v) is 3.18. The van der Waals surface area contributed by atoms with E-state index in [0.717, 1.165) is 6.07 Å². The second kappa shape index (κ2) is 6.10. The van der Waals surface area contributed by atoms with Crippen LogP contribution < -0.4 is 11.1 Å². The zero-order valence-electron chi connectivity index (χ0n) is 10.8. The second-order valence-electron chi connectivity index (χ2n) is 4.56. The normalized spacial score (nSPS) is 21.3. The van der Waals surface area contributed by atoms with Crippen molar-refractivity contribution in [2.45, 2.75) is 25.0 Å². The van der Waals surface area contributed by atoms with E-state index in [2.05, 4.69) is 0 Å². The van der Waals surface area contributed by atoms with Crippen molar-refractivity contribution in [3.05, 3.63) is 33.9 Å². The predicted octanol–water partition coefficient (Wildman–Crippen LogP) is 1.32. The number of nitrogens with zero attached hydrogens (tertiary/aromatic N) is 1. The van der Waals surface area contributed by atoms with E-state index in [4.69, 9.17) is 10.5 Å². The molecule has 2 atom stereocenters. The maximum Gasteiger partial charge on any atom is 0.296 e. The van der Waals surface area contributed by atoms with Crippen molar-refractivity contribution in [1.82, 2.24) is 0 Å². The highest BCUT2D eigenvalue weighted by atomic mass is 19.2. The van der Waals surface area contributed by atoms with Gasteiger partial charge in [-0.3, -0.25) is 14.9 Å². The number of hydrogen-bond donors (Lipinski definition) is 2. The maximum atomic E-state index is 13.7. The first-order valence-electron chi connectivity index (χ1n) is 6.22. The number of nitrogens with two attached hydrogens (primary N) is 1. The number of benzene rings is 1. The van der Waals surface area contributed by atoms with E-state index >= 15 is 0 Å². The van der Waals surface area contributed by atoms with Crippen LogP contribution in [0.15, 0.2) is 12.1 Å². The highest BCUT2D eigenvalue weighted by Crippen LogP contribution is 2.30. The Morgan fingerprint density at radius 2 is 2.19 bits per heavy atom. The van der Waals surface area contributed by atoms with Gasteiger partial charge >= 0.3 is 0 Å². The number of hydrogen-bond acceptors (Lipinski definition) is 5. The van der Waals surface area contributed by atoms with Gasteiger partial charge < -0.3 is 15.8 Å². The maximum absolute atomic E-state index is 13.7. The van der Waals surface area contributed by atoms with Gasteiger partial charge in [-0.1, -0.05) is 0 Å². The molecular weight excluding hydrogens is 288 g/mol. The van der Waals surface area contributed by atoms with E-state index in [0.29, 0.717) is 18.9 Å². The highest BCUT2D eigenvalue weighted by Gasteiger charge is 2.32. The smallest absolute Gasteiger partial charge is 0.296 e. The van der Waals surface area contributed by atoms with Crippen LogP contribution in [0.4, 0.5) is 20.2 Å². The molecule has 1 aromatic carbocycles. The number of amides is 1. The van der Waals surface area contributed by atoms with E-state index in [1.54, 1.807) is 0 Å². The lowest BCUT2D eigenvalue weighted by atomic mass is 10.2. The highest BCUT2D eigenvalue weighted by molar-refractivity contribution is 5.96. The molecule has 0 radical (unpaired) electrons. The Balaban J connectivity index is 2.21. The average Bonchev–Trinajstić information content (AvgIpc) is 2.92. The lowest BCUT2D eigenvalue weighted by Crippen LogP contribution is -2.30. The van der Waals surface area contributed by atoms with Gasteiger partial charge in [-0.2, -0.15) is 0 Å². The molecule has 1 aliphatic rings. The van der Waals surface area contributed by atoms with Gasteiger partial charge in [-0.05, 0) is 18.9 Å². The molecule has 1 amide bonds. The SMILES string of the molecule is NCC1CCC(C(=O)Nc2c([N+](=O)[O-])ccc(F)c2F)O1. The summed E-state index contributed by atoms with van der Waals surface area (Å²) in [4.78, 5) is 21.8. The third-order valence-electron chi connectivity index (χ3n) is 3.18. The average molecular weight is 301 g/mol. The molecule has 2 unspecified atom stereocenters. The van der Waals surface area contributed by atoms with Gasteiger partial charge in [0.05, 0.1) is 11.0 Å². The molecule has 2 rings (SSSR count). The fourth-order valence-electron chi connectivity index (χ4n) is 2.09. The number of carbonyl (C=O) groups is 1. The summed E-state index contributed by atoms with van der Waals surface area (Å²) in [6, 6.07) is 1.41. The standard InChI is InChI=1S/C12H13F2N3O4/c13-7-2-3-8(17(19)20)11(10(7)14)16-12(18)9-4-1-6(5-15)21-9/h2-3,6,9H,1,4-5,15H2,(H,16,18). The molecule has 0 aromatic heterocycles. The number of nitro groups is 1. The summed E-state index contributed by atoms with van der Waals surface area (Å²) in [5.41, 5.74) is 3.87. The van der Waals surface area contributed by atoms with Crippen molar-refractivity contribution in [2.24, 2.45) is 5.73 Å². The Kier molecular flexibility index (Phi) is 4.43. The fourth-order valence-corrected chi connectivity index (χ4v) is 2.09. The first kappa shape index (κ1) is 15.3. The molecule has 1 saturated heterocycles. The molecule has 7 nitrogen and oxygen atoms in total. The van der Waals surface area contributed by atoms with Crippen LogP contribution >= 0.6 is 0 Å². The minimum atomic E-state index is -1.48. The first-order valence-corrected chi connectivity index (χ1v) is 6.22. The van der Waals surface area contributed by atoms with Crippen molar-refractivity contribution in [3.63, 3.8) is 0 Å². The molecule has 114 valence electrons. The Bertz CT molecular complexity index is 582. The van der Waals surface area contributed by atoms with Gasteiger partial charge in [0, 0.05) is 12.6 Å². The van der Waals surface area contributed by atoms with Crippen LogP contribution in [0, 0.1) is 21.7 Å². The Labute approximate surface area is 118 Å². The van der Waals surface area contributed by atoms with E-state index in [9.17, 15) is 23.7 Å². The minimum Gasteiger partial charge on any atom is -0.364 e. The van der Waals surface area contributed by atoms with Crippen LogP contribution in [-0.2, 0) is 9.53 Å². The summed E-state index contributed by atoms with van der Waals surface area (Å²) < 4.78 is 32.1. The van der Waals surface area contributed by atoms with Crippen LogP contribution in [0.25, 0.3) is 0 Å². The van der Waals surface area contributed by atoms with Gasteiger partial charge in [-0.15, -0.1) is 0 Å². The summed E-state index contributed by atoms with van der Waals surface area (Å²) in [6.45, 7) is 0.234. The molecule has 0 bridgehead atoms. The summed E-state index contributed by atoms with van der Waals surface area (Å²) >= 11 is 0. The van der Waals surface area contributed by atoms with Gasteiger partial charge in [-0.25, -0.2) is 8.78 Å². The topological polar surface area (TPSA) is 107 Å². The number of carbonyl (C=O) groups excluding carboxylic acids is 1. The van der Waals surface area contributed by atoms with Crippen LogP contribution in [0.3, 0.4) is 0 Å². The summed E-state index contributed by atoms with van der Waals surface area (Å²) in [5, 5.41) is 12.8. The molecule has 9 heteroatoms. The Morgan fingerprint density at radius 3 is 2.76 bits per heavy atom. The lowest BCUT2D eigenvalue weighted by molar-refractivity contribution is -0.384. The van der Waals surface area contributed by atoms with Crippen LogP contribution in [0.2, 0.25) is 0 Å². The van der Waals surface area contributed by atoms with Crippen molar-refractivity contribution in [2.75, 3.05) is 11.9 Å². The van der Waals surface area contributed by atoms with Crippen molar-refractivity contribution in [3.8, 4) is 0 Å². The number of rotatable bonds is 4. The summed E-state index contributed by atoms with van der Waals surface area (Å²) in [6.07, 6.45) is -0.255. The number of nitro benzene ring substituents is 1. The first-order chi connectivity index (χ1) is 9.93. The van der Waals surface area contributed by atoms with E-state index in [1.807, 2.05) is 5.32 Å². The number of halogens is 2. The third kappa shape index (κ3) is 3.14. The zero-order valence-corrected chi connectivity index (χ0v) is 10.8. The van der Waals surface area contributed by atoms with Crippen LogP contribution in [0.5, 0.6) is 0 Å². The Hall–Kier alpha value is -2.13. The minimum absolute atomic E-state index is 0.234. The van der Waals surface area contributed by atoms with Gasteiger partial charge in [0.25, 0.3) is 11.6 Å². The van der Waals surface area contributed by atoms with Gasteiger partial charge in [0.2, 0.25) is 0 Å². The van der Waals surface area contributed by atoms with Crippen molar-refractivity contribution >= 4 is 17.3 Å². The zero-order chi connectivity index (χ0) is 15.6. The van der Waals surface area contributed by atoms with Crippen molar-refractivity contribution < 1.29 is 23.2 Å². The second-order valence-corrected chi connectivity index (χ2v) is 4.56. The van der Waals surface area contributed by atoms with Crippen molar-refractivity contribution in [1.29, 1.82) is 0 Å². The molecule has 3 N–H and O–H groups in total. The molecule has 0 saturated carbocycles. The van der Waals surface area contributed by atoms with Gasteiger partial charge in [0.1, 0.15) is 6.10 Å². The fraction of sp³-hybridized carbons (Fsp3) is 0.417. The summed E-state index contributed by atoms with van der Waals surface area (Å²) in [7, 11) is 0. The lowest BCUT2D eigenvalue weighted by Gasteiger charge is -2.13. The molecule has 1 heterocycles. The quantitative estimate of drug-likeness (QED) is 0.644. The van der Waals surface area contributed by atoms with Crippen LogP contribution in [-0.4, -0.2) is 29.6 Å². The predicted molar refractivity (Wildman–Crippen MR) is 68.6 cm³/mol.